The number of aryl methyl sites for hydroxylation is 1. The molecule has 30 heavy (non-hydrogen) atoms. The van der Waals surface area contributed by atoms with E-state index in [4.69, 9.17) is 4.52 Å². The molecule has 2 heterocycles. The van der Waals surface area contributed by atoms with E-state index in [2.05, 4.69) is 10.1 Å². The summed E-state index contributed by atoms with van der Waals surface area (Å²) in [7, 11) is 0. The smallest absolute Gasteiger partial charge is 0.255 e. The molecule has 1 N–H and O–H groups in total. The second kappa shape index (κ2) is 6.77. The van der Waals surface area contributed by atoms with Gasteiger partial charge in [-0.2, -0.15) is 4.98 Å². The third-order valence-corrected chi connectivity index (χ3v) is 6.08. The van der Waals surface area contributed by atoms with Crippen LogP contribution < -0.4 is 0 Å². The third kappa shape index (κ3) is 3.21. The fourth-order valence-corrected chi connectivity index (χ4v) is 4.69. The number of fused-ring (bicyclic) bond motifs is 1. The van der Waals surface area contributed by atoms with Crippen molar-refractivity contribution in [1.82, 2.24) is 15.0 Å². The number of benzene rings is 2. The van der Waals surface area contributed by atoms with E-state index in [0.717, 1.165) is 40.7 Å². The number of aliphatic hydroxyl groups is 1. The molecule has 1 aromatic heterocycles. The van der Waals surface area contributed by atoms with E-state index in [-0.39, 0.29) is 11.9 Å². The Morgan fingerprint density at radius 1 is 1.13 bits per heavy atom. The first-order valence-electron chi connectivity index (χ1n) is 10.4. The number of hydrogen-bond acceptors (Lipinski definition) is 5. The summed E-state index contributed by atoms with van der Waals surface area (Å²) in [4.78, 5) is 19.6. The first-order valence-corrected chi connectivity index (χ1v) is 10.4. The Kier molecular flexibility index (Phi) is 4.29. The van der Waals surface area contributed by atoms with Crippen LogP contribution in [0, 0.1) is 12.8 Å². The fraction of sp³-hybridized carbons (Fsp3) is 0.375. The zero-order chi connectivity index (χ0) is 21.0. The molecule has 0 saturated heterocycles. The molecule has 1 amide bonds. The first kappa shape index (κ1) is 19.0. The molecule has 3 aromatic rings. The lowest BCUT2D eigenvalue weighted by molar-refractivity contribution is -0.0224. The number of carbonyl (C=O) groups excluding carboxylic acids is 1. The van der Waals surface area contributed by atoms with E-state index < -0.39 is 5.60 Å². The largest absolute Gasteiger partial charge is 0.388 e. The lowest BCUT2D eigenvalue weighted by Crippen LogP contribution is -2.51. The number of amides is 1. The summed E-state index contributed by atoms with van der Waals surface area (Å²) in [6, 6.07) is 13.7. The molecule has 2 aliphatic rings. The summed E-state index contributed by atoms with van der Waals surface area (Å²) in [5.74, 6) is 1.47. The van der Waals surface area contributed by atoms with Gasteiger partial charge in [0.2, 0.25) is 11.7 Å². The lowest BCUT2D eigenvalue weighted by atomic mass is 9.92. The highest BCUT2D eigenvalue weighted by atomic mass is 16.5. The molecule has 1 saturated carbocycles. The molecule has 0 bridgehead atoms. The molecular formula is C24H25N3O3. The lowest BCUT2D eigenvalue weighted by Gasteiger charge is -2.37. The number of rotatable bonds is 5. The van der Waals surface area contributed by atoms with Gasteiger partial charge in [0.15, 0.2) is 0 Å². The average molecular weight is 403 g/mol. The molecule has 5 rings (SSSR count). The summed E-state index contributed by atoms with van der Waals surface area (Å²) in [5.41, 5.74) is 3.59. The molecule has 6 nitrogen and oxygen atoms in total. The van der Waals surface area contributed by atoms with Crippen molar-refractivity contribution in [2.75, 3.05) is 0 Å². The van der Waals surface area contributed by atoms with E-state index in [1.807, 2.05) is 61.2 Å². The van der Waals surface area contributed by atoms with E-state index in [0.29, 0.717) is 24.2 Å². The average Bonchev–Trinajstić information content (AvgIpc) is 3.35. The predicted molar refractivity (Wildman–Crippen MR) is 113 cm³/mol. The SMILES string of the molecule is Cc1nc(-c2ccc(-c3cccc4c3C(=O)N(C(C3CC3)C(C)(C)O)C4)cc2)no1. The Labute approximate surface area is 175 Å². The van der Waals surface area contributed by atoms with Gasteiger partial charge in [-0.1, -0.05) is 47.6 Å². The molecule has 1 fully saturated rings. The van der Waals surface area contributed by atoms with Crippen LogP contribution in [0.3, 0.4) is 0 Å². The van der Waals surface area contributed by atoms with Gasteiger partial charge < -0.3 is 14.5 Å². The Balaban J connectivity index is 1.49. The number of nitrogens with zero attached hydrogens (tertiary/aromatic N) is 3. The van der Waals surface area contributed by atoms with E-state index >= 15 is 0 Å². The van der Waals surface area contributed by atoms with Crippen LogP contribution in [0.4, 0.5) is 0 Å². The molecule has 2 aromatic carbocycles. The van der Waals surface area contributed by atoms with Crippen LogP contribution in [0.1, 0.15) is 48.5 Å². The van der Waals surface area contributed by atoms with Crippen LogP contribution in [-0.2, 0) is 6.54 Å². The number of hydrogen-bond donors (Lipinski definition) is 1. The highest BCUT2D eigenvalue weighted by molar-refractivity contribution is 6.04. The van der Waals surface area contributed by atoms with Crippen molar-refractivity contribution in [2.24, 2.45) is 5.92 Å². The highest BCUT2D eigenvalue weighted by Crippen LogP contribution is 2.44. The van der Waals surface area contributed by atoms with Gasteiger partial charge in [-0.15, -0.1) is 0 Å². The summed E-state index contributed by atoms with van der Waals surface area (Å²) in [5, 5.41) is 14.7. The Hall–Kier alpha value is -2.99. The summed E-state index contributed by atoms with van der Waals surface area (Å²) in [6.07, 6.45) is 2.14. The van der Waals surface area contributed by atoms with Gasteiger partial charge in [0.25, 0.3) is 5.91 Å². The van der Waals surface area contributed by atoms with Crippen LogP contribution in [0.25, 0.3) is 22.5 Å². The highest BCUT2D eigenvalue weighted by Gasteiger charge is 2.48. The molecule has 1 aliphatic carbocycles. The molecule has 154 valence electrons. The molecule has 0 spiro atoms. The van der Waals surface area contributed by atoms with Crippen molar-refractivity contribution in [3.8, 4) is 22.5 Å². The van der Waals surface area contributed by atoms with Gasteiger partial charge in [0.05, 0.1) is 17.2 Å². The quantitative estimate of drug-likeness (QED) is 0.690. The van der Waals surface area contributed by atoms with E-state index in [1.165, 1.54) is 0 Å². The van der Waals surface area contributed by atoms with Crippen molar-refractivity contribution in [3.63, 3.8) is 0 Å². The van der Waals surface area contributed by atoms with E-state index in [9.17, 15) is 9.90 Å². The topological polar surface area (TPSA) is 79.5 Å². The predicted octanol–water partition coefficient (Wildman–Crippen LogP) is 4.22. The minimum absolute atomic E-state index is 0.0116. The fourth-order valence-electron chi connectivity index (χ4n) is 4.69. The van der Waals surface area contributed by atoms with Crippen LogP contribution in [-0.4, -0.2) is 37.7 Å². The maximum absolute atomic E-state index is 13.5. The molecule has 1 unspecified atom stereocenters. The minimum atomic E-state index is -0.927. The number of aromatic nitrogens is 2. The van der Waals surface area contributed by atoms with Crippen molar-refractivity contribution in [1.29, 1.82) is 0 Å². The molecular weight excluding hydrogens is 378 g/mol. The van der Waals surface area contributed by atoms with Crippen LogP contribution in [0.2, 0.25) is 0 Å². The van der Waals surface area contributed by atoms with Gasteiger partial charge in [-0.25, -0.2) is 0 Å². The minimum Gasteiger partial charge on any atom is -0.388 e. The summed E-state index contributed by atoms with van der Waals surface area (Å²) in [6.45, 7) is 5.93. The second-order valence-electron chi connectivity index (χ2n) is 8.92. The summed E-state index contributed by atoms with van der Waals surface area (Å²) < 4.78 is 5.06. The zero-order valence-corrected chi connectivity index (χ0v) is 17.4. The van der Waals surface area contributed by atoms with Gasteiger partial charge >= 0.3 is 0 Å². The zero-order valence-electron chi connectivity index (χ0n) is 17.4. The Morgan fingerprint density at radius 3 is 2.43 bits per heavy atom. The third-order valence-electron chi connectivity index (χ3n) is 6.08. The molecule has 1 atom stereocenters. The van der Waals surface area contributed by atoms with Gasteiger partial charge in [0, 0.05) is 19.0 Å². The van der Waals surface area contributed by atoms with Crippen molar-refractivity contribution < 1.29 is 14.4 Å². The normalized spacial score (nSPS) is 17.3. The second-order valence-corrected chi connectivity index (χ2v) is 8.92. The van der Waals surface area contributed by atoms with Gasteiger partial charge in [-0.3, -0.25) is 4.79 Å². The van der Waals surface area contributed by atoms with Crippen molar-refractivity contribution in [3.05, 3.63) is 59.5 Å². The van der Waals surface area contributed by atoms with Crippen LogP contribution in [0.15, 0.2) is 47.0 Å². The first-order chi connectivity index (χ1) is 14.3. The number of carbonyl (C=O) groups is 1. The summed E-state index contributed by atoms with van der Waals surface area (Å²) >= 11 is 0. The Morgan fingerprint density at radius 2 is 1.83 bits per heavy atom. The van der Waals surface area contributed by atoms with Crippen molar-refractivity contribution >= 4 is 5.91 Å². The maximum atomic E-state index is 13.5. The van der Waals surface area contributed by atoms with Gasteiger partial charge in [0.1, 0.15) is 0 Å². The Bertz CT molecular complexity index is 1110. The van der Waals surface area contributed by atoms with Crippen LogP contribution >= 0.6 is 0 Å². The van der Waals surface area contributed by atoms with Crippen LogP contribution in [0.5, 0.6) is 0 Å². The maximum Gasteiger partial charge on any atom is 0.255 e. The molecule has 6 heteroatoms. The van der Waals surface area contributed by atoms with Crippen molar-refractivity contribution in [2.45, 2.75) is 51.8 Å². The standard InChI is InChI=1S/C24H25N3O3/c1-14-25-22(26-30-14)17-11-7-15(8-12-17)19-6-4-5-18-13-27(23(28)20(18)19)21(16-9-10-16)24(2,3)29/h4-8,11-12,16,21,29H,9-10,13H2,1-3H3. The monoisotopic (exact) mass is 403 g/mol. The van der Waals surface area contributed by atoms with Gasteiger partial charge in [-0.05, 0) is 49.3 Å². The molecule has 0 radical (unpaired) electrons. The van der Waals surface area contributed by atoms with E-state index in [1.54, 1.807) is 6.92 Å². The molecule has 1 aliphatic heterocycles.